The minimum Gasteiger partial charge on any atom is -0.674 e. The maximum Gasteiger partial charge on any atom is 4.00 e. The molecular weight excluding hydrogens is 272 g/mol. The maximum atomic E-state index is 5.03. The SMILES string of the molecule is CC(C)(C)[N-][Si]1([N-]C(C)(C)C)CC=CC1.[CH3-].[CH3-].[Ti+4]. The predicted molar refractivity (Wildman–Crippen MR) is 83.6 cm³/mol. The van der Waals surface area contributed by atoms with Crippen LogP contribution in [0.4, 0.5) is 0 Å². The van der Waals surface area contributed by atoms with Crippen molar-refractivity contribution in [3.63, 3.8) is 0 Å². The van der Waals surface area contributed by atoms with Crippen LogP contribution in [0.5, 0.6) is 0 Å². The zero-order valence-electron chi connectivity index (χ0n) is 13.5. The molecule has 0 aromatic rings. The average molecular weight is 302 g/mol. The number of hydrogen-bond donors (Lipinski definition) is 0. The Morgan fingerprint density at radius 2 is 1.06 bits per heavy atom. The normalized spacial score (nSPS) is 17.4. The monoisotopic (exact) mass is 302 g/mol. The summed E-state index contributed by atoms with van der Waals surface area (Å²) >= 11 is 0. The molecule has 4 heteroatoms. The third-order valence-electron chi connectivity index (χ3n) is 2.14. The van der Waals surface area contributed by atoms with Gasteiger partial charge < -0.3 is 24.8 Å². The van der Waals surface area contributed by atoms with Gasteiger partial charge in [-0.3, -0.25) is 0 Å². The fraction of sp³-hybridized carbons (Fsp3) is 0.714. The Kier molecular flexibility index (Phi) is 10.5. The van der Waals surface area contributed by atoms with Gasteiger partial charge in [-0.05, 0) is 0 Å². The molecule has 0 radical (unpaired) electrons. The van der Waals surface area contributed by atoms with E-state index < -0.39 is 8.40 Å². The van der Waals surface area contributed by atoms with Crippen molar-refractivity contribution in [1.82, 2.24) is 0 Å². The molecule has 0 fully saturated rings. The summed E-state index contributed by atoms with van der Waals surface area (Å²) < 4.78 is 0. The van der Waals surface area contributed by atoms with Gasteiger partial charge in [0.2, 0.25) is 0 Å². The summed E-state index contributed by atoms with van der Waals surface area (Å²) in [4.78, 5) is 10.1. The molecule has 0 saturated carbocycles. The van der Waals surface area contributed by atoms with E-state index in [1.54, 1.807) is 0 Å². The van der Waals surface area contributed by atoms with Crippen LogP contribution in [0.15, 0.2) is 12.2 Å². The van der Waals surface area contributed by atoms with Gasteiger partial charge in [0, 0.05) is 0 Å². The zero-order chi connectivity index (χ0) is 11.7. The fourth-order valence-corrected chi connectivity index (χ4v) is 6.25. The number of nitrogens with zero attached hydrogens (tertiary/aromatic N) is 2. The second kappa shape index (κ2) is 8.01. The number of hydrogen-bond acceptors (Lipinski definition) is 0. The second-order valence-corrected chi connectivity index (χ2v) is 9.66. The van der Waals surface area contributed by atoms with Gasteiger partial charge >= 0.3 is 21.7 Å². The van der Waals surface area contributed by atoms with Crippen molar-refractivity contribution in [3.05, 3.63) is 37.0 Å². The third kappa shape index (κ3) is 8.65. The van der Waals surface area contributed by atoms with Crippen molar-refractivity contribution in [1.29, 1.82) is 0 Å². The van der Waals surface area contributed by atoms with Gasteiger partial charge in [0.05, 0.1) is 0 Å². The molecule has 1 aliphatic rings. The molecule has 0 spiro atoms. The summed E-state index contributed by atoms with van der Waals surface area (Å²) in [5.74, 6) is 0. The molecule has 1 rings (SSSR count). The molecule has 2 nitrogen and oxygen atoms in total. The zero-order valence-corrected chi connectivity index (χ0v) is 16.0. The summed E-state index contributed by atoms with van der Waals surface area (Å²) in [6, 6.07) is 2.20. The first-order valence-electron chi connectivity index (χ1n) is 5.75. The second-order valence-electron chi connectivity index (χ2n) is 6.43. The molecule has 18 heavy (non-hydrogen) atoms. The van der Waals surface area contributed by atoms with Crippen LogP contribution in [-0.4, -0.2) is 19.5 Å². The molecule has 0 bridgehead atoms. The van der Waals surface area contributed by atoms with E-state index in [1.165, 1.54) is 0 Å². The first kappa shape index (κ1) is 23.7. The van der Waals surface area contributed by atoms with E-state index in [0.717, 1.165) is 12.1 Å². The minimum absolute atomic E-state index is 0. The first-order chi connectivity index (χ1) is 6.62. The van der Waals surface area contributed by atoms with Crippen LogP contribution in [0.25, 0.3) is 9.96 Å². The Bertz CT molecular complexity index is 226. The molecule has 0 amide bonds. The summed E-state index contributed by atoms with van der Waals surface area (Å²) in [6.45, 7) is 13.1. The van der Waals surface area contributed by atoms with Gasteiger partial charge in [0.1, 0.15) is 0 Å². The van der Waals surface area contributed by atoms with Crippen LogP contribution in [-0.2, 0) is 21.7 Å². The molecule has 1 heterocycles. The first-order valence-corrected chi connectivity index (χ1v) is 8.06. The Hall–Kier alpha value is 0.591. The van der Waals surface area contributed by atoms with Crippen molar-refractivity contribution < 1.29 is 21.7 Å². The van der Waals surface area contributed by atoms with Gasteiger partial charge in [0.15, 0.2) is 0 Å². The van der Waals surface area contributed by atoms with Crippen molar-refractivity contribution in [2.75, 3.05) is 0 Å². The van der Waals surface area contributed by atoms with Crippen molar-refractivity contribution in [3.8, 4) is 0 Å². The quantitative estimate of drug-likeness (QED) is 0.379. The van der Waals surface area contributed by atoms with Gasteiger partial charge in [0.25, 0.3) is 0 Å². The minimum atomic E-state index is -1.76. The van der Waals surface area contributed by atoms with Crippen LogP contribution in [0, 0.1) is 14.9 Å². The van der Waals surface area contributed by atoms with E-state index in [9.17, 15) is 0 Å². The standard InChI is InChI=1S/C12H24N2Si.2CH3.Ti/c1-11(2,3)13-15(9-7-8-10-15)14-12(4,5)6;;;/h7-8H,9-10H2,1-6H3;2*1H3;/q-2;2*-1;+4. The molecule has 0 aromatic heterocycles. The summed E-state index contributed by atoms with van der Waals surface area (Å²) in [6.07, 6.45) is 4.52. The van der Waals surface area contributed by atoms with Crippen molar-refractivity contribution >= 4 is 8.40 Å². The Morgan fingerprint density at radius 1 is 0.778 bits per heavy atom. The van der Waals surface area contributed by atoms with Gasteiger partial charge in [-0.25, -0.2) is 0 Å². The maximum absolute atomic E-state index is 5.03. The molecule has 0 saturated heterocycles. The molecule has 0 atom stereocenters. The molecule has 0 unspecified atom stereocenters. The molecule has 1 aliphatic heterocycles. The van der Waals surface area contributed by atoms with E-state index in [0.29, 0.717) is 0 Å². The van der Waals surface area contributed by atoms with Crippen molar-refractivity contribution in [2.45, 2.75) is 64.7 Å². The molecule has 0 aromatic carbocycles. The van der Waals surface area contributed by atoms with E-state index in [2.05, 4.69) is 53.7 Å². The Labute approximate surface area is 131 Å². The van der Waals surface area contributed by atoms with E-state index in [-0.39, 0.29) is 47.6 Å². The van der Waals surface area contributed by atoms with Gasteiger partial charge in [-0.1, -0.05) is 65.8 Å². The molecule has 0 N–H and O–H groups in total. The fourth-order valence-electron chi connectivity index (χ4n) is 2.08. The third-order valence-corrected chi connectivity index (χ3v) is 6.10. The average Bonchev–Trinajstić information content (AvgIpc) is 2.27. The van der Waals surface area contributed by atoms with Crippen LogP contribution >= 0.6 is 0 Å². The summed E-state index contributed by atoms with van der Waals surface area (Å²) in [5.41, 5.74) is 0.0972. The largest absolute Gasteiger partial charge is 4.00 e. The predicted octanol–water partition coefficient (Wildman–Crippen LogP) is 5.24. The van der Waals surface area contributed by atoms with Crippen LogP contribution in [0.3, 0.4) is 0 Å². The smallest absolute Gasteiger partial charge is 0.674 e. The number of rotatable bonds is 2. The topological polar surface area (TPSA) is 28.2 Å². The molecule has 104 valence electrons. The summed E-state index contributed by atoms with van der Waals surface area (Å²) in [7, 11) is -1.76. The van der Waals surface area contributed by atoms with Gasteiger partial charge in [-0.15, -0.1) is 11.1 Å². The van der Waals surface area contributed by atoms with Crippen LogP contribution < -0.4 is 0 Å². The van der Waals surface area contributed by atoms with Crippen LogP contribution in [0.2, 0.25) is 12.1 Å². The van der Waals surface area contributed by atoms with E-state index in [1.807, 2.05) is 0 Å². The van der Waals surface area contributed by atoms with Crippen LogP contribution in [0.1, 0.15) is 41.5 Å². The Morgan fingerprint density at radius 3 is 1.28 bits per heavy atom. The van der Waals surface area contributed by atoms with Gasteiger partial charge in [-0.2, -0.15) is 8.40 Å². The molecule has 0 aliphatic carbocycles. The van der Waals surface area contributed by atoms with E-state index in [4.69, 9.17) is 9.96 Å². The van der Waals surface area contributed by atoms with E-state index >= 15 is 0 Å². The Balaban J connectivity index is -0.000000750. The number of allylic oxidation sites excluding steroid dienone is 2. The summed E-state index contributed by atoms with van der Waals surface area (Å²) in [5, 5.41) is 0. The van der Waals surface area contributed by atoms with Crippen molar-refractivity contribution in [2.24, 2.45) is 0 Å². The molecular formula is C14H30N2SiTi.